The monoisotopic (exact) mass is 492 g/mol. The van der Waals surface area contributed by atoms with Gasteiger partial charge < -0.3 is 4.90 Å². The second-order valence-corrected chi connectivity index (χ2v) is 10.2. The highest BCUT2D eigenvalue weighted by atomic mass is 35.5. The second-order valence-electron chi connectivity index (χ2n) is 7.83. The third-order valence-corrected chi connectivity index (χ3v) is 7.64. The predicted octanol–water partition coefficient (Wildman–Crippen LogP) is 4.20. The van der Waals surface area contributed by atoms with Gasteiger partial charge in [0.25, 0.3) is 0 Å². The molecule has 0 saturated carbocycles. The van der Waals surface area contributed by atoms with Crippen molar-refractivity contribution in [3.63, 3.8) is 0 Å². The largest absolute Gasteiger partial charge is 0.353 e. The molecule has 0 unspecified atom stereocenters. The maximum absolute atomic E-state index is 13.7. The molecule has 3 aromatic carbocycles. The van der Waals surface area contributed by atoms with E-state index in [0.717, 1.165) is 22.4 Å². The van der Waals surface area contributed by atoms with Crippen molar-refractivity contribution >= 4 is 33.4 Å². The van der Waals surface area contributed by atoms with E-state index in [1.54, 1.807) is 12.1 Å². The Kier molecular flexibility index (Phi) is 6.14. The highest BCUT2D eigenvalue weighted by Gasteiger charge is 2.28. The first-order chi connectivity index (χ1) is 16.5. The predicted molar refractivity (Wildman–Crippen MR) is 131 cm³/mol. The molecule has 1 aliphatic rings. The summed E-state index contributed by atoms with van der Waals surface area (Å²) in [5, 5.41) is 14.5. The molecular weight excluding hydrogens is 472 g/mol. The van der Waals surface area contributed by atoms with Gasteiger partial charge >= 0.3 is 0 Å². The molecule has 10 heteroatoms. The summed E-state index contributed by atoms with van der Waals surface area (Å²) in [5.41, 5.74) is 3.68. The Bertz CT molecular complexity index is 1400. The fourth-order valence-electron chi connectivity index (χ4n) is 3.86. The standard InChI is InChI=1S/C24H21ClN6O2S/c25-21-11-13-22(14-12-21)34(32,33)31(17-30-15-3-5-19-4-1-2-6-23(19)30)16-18-7-9-20(10-8-18)24-26-28-29-27-24/h1-14H,15-17H2,(H,26,27,28,29). The van der Waals surface area contributed by atoms with Gasteiger partial charge in [-0.05, 0) is 46.7 Å². The number of hydrogen-bond acceptors (Lipinski definition) is 6. The summed E-state index contributed by atoms with van der Waals surface area (Å²) in [5.74, 6) is 0.480. The molecule has 4 aromatic rings. The Morgan fingerprint density at radius 2 is 1.76 bits per heavy atom. The number of aromatic amines is 1. The molecule has 0 amide bonds. The molecule has 1 aliphatic heterocycles. The lowest BCUT2D eigenvalue weighted by atomic mass is 10.1. The summed E-state index contributed by atoms with van der Waals surface area (Å²) in [6.07, 6.45) is 4.09. The fraction of sp³-hybridized carbons (Fsp3) is 0.125. The molecular formula is C24H21ClN6O2S. The van der Waals surface area contributed by atoms with E-state index < -0.39 is 10.0 Å². The van der Waals surface area contributed by atoms with Crippen molar-refractivity contribution in [3.05, 3.63) is 95.0 Å². The van der Waals surface area contributed by atoms with Gasteiger partial charge in [-0.3, -0.25) is 0 Å². The van der Waals surface area contributed by atoms with Crippen LogP contribution >= 0.6 is 11.6 Å². The number of H-pyrrole nitrogens is 1. The number of tetrazole rings is 1. The lowest BCUT2D eigenvalue weighted by molar-refractivity contribution is 0.404. The summed E-state index contributed by atoms with van der Waals surface area (Å²) < 4.78 is 28.9. The Morgan fingerprint density at radius 1 is 1.00 bits per heavy atom. The van der Waals surface area contributed by atoms with Crippen LogP contribution in [0.25, 0.3) is 17.5 Å². The second kappa shape index (κ2) is 9.38. The van der Waals surface area contributed by atoms with Crippen LogP contribution in [0.4, 0.5) is 5.69 Å². The quantitative estimate of drug-likeness (QED) is 0.415. The molecule has 2 heterocycles. The van der Waals surface area contributed by atoms with E-state index in [9.17, 15) is 8.42 Å². The van der Waals surface area contributed by atoms with E-state index in [1.165, 1.54) is 16.4 Å². The zero-order valence-corrected chi connectivity index (χ0v) is 19.6. The van der Waals surface area contributed by atoms with Crippen LogP contribution in [0.15, 0.2) is 83.8 Å². The number of rotatable bonds is 7. The summed E-state index contributed by atoms with van der Waals surface area (Å²) >= 11 is 6.00. The number of fused-ring (bicyclic) bond motifs is 1. The summed E-state index contributed by atoms with van der Waals surface area (Å²) in [4.78, 5) is 2.25. The van der Waals surface area contributed by atoms with Gasteiger partial charge in [0.15, 0.2) is 0 Å². The third kappa shape index (κ3) is 4.58. The van der Waals surface area contributed by atoms with Crippen LogP contribution in [-0.4, -0.2) is 46.6 Å². The number of nitrogens with one attached hydrogen (secondary N) is 1. The van der Waals surface area contributed by atoms with Gasteiger partial charge in [-0.15, -0.1) is 10.2 Å². The average molecular weight is 493 g/mol. The normalized spacial score (nSPS) is 13.3. The van der Waals surface area contributed by atoms with E-state index in [4.69, 9.17) is 11.6 Å². The summed E-state index contributed by atoms with van der Waals surface area (Å²) in [7, 11) is -3.80. The molecule has 172 valence electrons. The minimum Gasteiger partial charge on any atom is -0.353 e. The van der Waals surface area contributed by atoms with Gasteiger partial charge in [-0.2, -0.15) is 9.52 Å². The first kappa shape index (κ1) is 22.3. The third-order valence-electron chi connectivity index (χ3n) is 5.60. The number of sulfonamides is 1. The fourth-order valence-corrected chi connectivity index (χ4v) is 5.37. The van der Waals surface area contributed by atoms with Crippen LogP contribution in [0, 0.1) is 0 Å². The van der Waals surface area contributed by atoms with Crippen LogP contribution < -0.4 is 4.90 Å². The molecule has 0 fully saturated rings. The highest BCUT2D eigenvalue weighted by Crippen LogP contribution is 2.28. The molecule has 34 heavy (non-hydrogen) atoms. The van der Waals surface area contributed by atoms with Gasteiger partial charge in [0.1, 0.15) is 0 Å². The van der Waals surface area contributed by atoms with Crippen molar-refractivity contribution in [1.82, 2.24) is 24.9 Å². The molecule has 8 nitrogen and oxygen atoms in total. The summed E-state index contributed by atoms with van der Waals surface area (Å²) in [6.45, 7) is 0.999. The highest BCUT2D eigenvalue weighted by molar-refractivity contribution is 7.89. The van der Waals surface area contributed by atoms with Crippen LogP contribution in [0.2, 0.25) is 5.02 Å². The van der Waals surface area contributed by atoms with Crippen LogP contribution in [-0.2, 0) is 16.6 Å². The maximum Gasteiger partial charge on any atom is 0.244 e. The zero-order valence-electron chi connectivity index (χ0n) is 18.0. The Morgan fingerprint density at radius 3 is 2.50 bits per heavy atom. The number of halogens is 1. The van der Waals surface area contributed by atoms with Crippen LogP contribution in [0.5, 0.6) is 0 Å². The van der Waals surface area contributed by atoms with Crippen molar-refractivity contribution in [2.45, 2.75) is 11.4 Å². The van der Waals surface area contributed by atoms with Crippen molar-refractivity contribution in [3.8, 4) is 11.4 Å². The first-order valence-electron chi connectivity index (χ1n) is 10.6. The minimum atomic E-state index is -3.80. The molecule has 1 N–H and O–H groups in total. The van der Waals surface area contributed by atoms with Gasteiger partial charge in [-0.1, -0.05) is 66.2 Å². The molecule has 0 aliphatic carbocycles. The molecule has 0 atom stereocenters. The average Bonchev–Trinajstić information content (AvgIpc) is 3.40. The van der Waals surface area contributed by atoms with E-state index in [-0.39, 0.29) is 18.1 Å². The van der Waals surface area contributed by atoms with Crippen LogP contribution in [0.1, 0.15) is 11.1 Å². The lowest BCUT2D eigenvalue weighted by Crippen LogP contribution is -2.42. The van der Waals surface area contributed by atoms with E-state index in [2.05, 4.69) is 31.6 Å². The number of aromatic nitrogens is 4. The van der Waals surface area contributed by atoms with Crippen molar-refractivity contribution < 1.29 is 8.42 Å². The number of para-hydroxylation sites is 1. The van der Waals surface area contributed by atoms with Crippen molar-refractivity contribution in [2.75, 3.05) is 18.1 Å². The molecule has 0 radical (unpaired) electrons. The first-order valence-corrected chi connectivity index (χ1v) is 12.4. The number of anilines is 1. The summed E-state index contributed by atoms with van der Waals surface area (Å²) in [6, 6.07) is 21.7. The SMILES string of the molecule is O=S(=O)(c1ccc(Cl)cc1)N(Cc1ccc(-c2nn[nH]n2)cc1)CN1CC=Cc2ccccc21. The van der Waals surface area contributed by atoms with Crippen LogP contribution in [0.3, 0.4) is 0 Å². The van der Waals surface area contributed by atoms with E-state index in [1.807, 2.05) is 54.6 Å². The lowest BCUT2D eigenvalue weighted by Gasteiger charge is -2.33. The molecule has 5 rings (SSSR count). The zero-order chi connectivity index (χ0) is 23.5. The van der Waals surface area contributed by atoms with Gasteiger partial charge in [-0.25, -0.2) is 8.42 Å². The Balaban J connectivity index is 1.47. The molecule has 0 saturated heterocycles. The van der Waals surface area contributed by atoms with Crippen molar-refractivity contribution in [2.24, 2.45) is 0 Å². The van der Waals surface area contributed by atoms with Gasteiger partial charge in [0.05, 0.1) is 11.6 Å². The minimum absolute atomic E-state index is 0.193. The number of hydrogen-bond donors (Lipinski definition) is 1. The maximum atomic E-state index is 13.7. The van der Waals surface area contributed by atoms with Gasteiger partial charge in [0.2, 0.25) is 15.8 Å². The van der Waals surface area contributed by atoms with E-state index in [0.29, 0.717) is 17.4 Å². The number of nitrogens with zero attached hydrogens (tertiary/aromatic N) is 5. The smallest absolute Gasteiger partial charge is 0.244 e. The Labute approximate surface area is 202 Å². The van der Waals surface area contributed by atoms with Crippen molar-refractivity contribution in [1.29, 1.82) is 0 Å². The van der Waals surface area contributed by atoms with Gasteiger partial charge in [0, 0.05) is 29.4 Å². The Hall–Kier alpha value is -3.53. The molecule has 0 bridgehead atoms. The molecule has 0 spiro atoms. The number of benzene rings is 3. The van der Waals surface area contributed by atoms with E-state index >= 15 is 0 Å². The molecule has 1 aromatic heterocycles. The topological polar surface area (TPSA) is 95.1 Å².